The van der Waals surface area contributed by atoms with Gasteiger partial charge in [-0.3, -0.25) is 0 Å². The summed E-state index contributed by atoms with van der Waals surface area (Å²) in [7, 11) is 0. The predicted molar refractivity (Wildman–Crippen MR) is 65.8 cm³/mol. The van der Waals surface area contributed by atoms with Gasteiger partial charge in [0, 0.05) is 11.8 Å². The maximum atomic E-state index is 5.96. The van der Waals surface area contributed by atoms with Crippen LogP contribution in [0.5, 0.6) is 0 Å². The lowest BCUT2D eigenvalue weighted by atomic mass is 10.3. The maximum absolute atomic E-state index is 5.96. The van der Waals surface area contributed by atoms with Crippen molar-refractivity contribution in [1.82, 2.24) is 14.8 Å². The molecule has 0 atom stereocenters. The SMILES string of the molecule is Cc1nn(-c2ccc(C3OCCO3)cn2)cc1Cl. The molecule has 0 saturated carbocycles. The second-order valence-corrected chi connectivity index (χ2v) is 4.44. The molecule has 0 N–H and O–H groups in total. The number of hydrogen-bond acceptors (Lipinski definition) is 4. The molecule has 0 aliphatic carbocycles. The van der Waals surface area contributed by atoms with Gasteiger partial charge in [0.1, 0.15) is 0 Å². The van der Waals surface area contributed by atoms with Crippen LogP contribution in [0.1, 0.15) is 17.5 Å². The largest absolute Gasteiger partial charge is 0.346 e. The standard InChI is InChI=1S/C12H12ClN3O2/c1-8-10(13)7-16(15-8)11-3-2-9(6-14-11)12-17-4-5-18-12/h2-3,6-7,12H,4-5H2,1H3. The number of aryl methyl sites for hydroxylation is 1. The van der Waals surface area contributed by atoms with E-state index in [0.29, 0.717) is 24.1 Å². The van der Waals surface area contributed by atoms with Gasteiger partial charge >= 0.3 is 0 Å². The molecule has 0 aromatic carbocycles. The second kappa shape index (κ2) is 4.68. The minimum absolute atomic E-state index is 0.297. The van der Waals surface area contributed by atoms with Crippen molar-refractivity contribution in [3.63, 3.8) is 0 Å². The van der Waals surface area contributed by atoms with E-state index in [-0.39, 0.29) is 6.29 Å². The highest BCUT2D eigenvalue weighted by molar-refractivity contribution is 6.31. The van der Waals surface area contributed by atoms with Gasteiger partial charge in [-0.15, -0.1) is 0 Å². The van der Waals surface area contributed by atoms with Gasteiger partial charge in [0.25, 0.3) is 0 Å². The first-order valence-corrected chi connectivity index (χ1v) is 6.03. The molecule has 0 amide bonds. The van der Waals surface area contributed by atoms with Gasteiger partial charge in [0.2, 0.25) is 0 Å². The monoisotopic (exact) mass is 265 g/mol. The van der Waals surface area contributed by atoms with Crippen molar-refractivity contribution < 1.29 is 9.47 Å². The molecule has 1 aliphatic rings. The van der Waals surface area contributed by atoms with E-state index < -0.39 is 0 Å². The Kier molecular flexibility index (Phi) is 3.03. The minimum atomic E-state index is -0.297. The number of aromatic nitrogens is 3. The number of hydrogen-bond donors (Lipinski definition) is 0. The van der Waals surface area contributed by atoms with Gasteiger partial charge < -0.3 is 9.47 Å². The Bertz CT molecular complexity index is 527. The van der Waals surface area contributed by atoms with Gasteiger partial charge in [-0.1, -0.05) is 11.6 Å². The lowest BCUT2D eigenvalue weighted by Gasteiger charge is -2.09. The Balaban J connectivity index is 1.86. The zero-order valence-corrected chi connectivity index (χ0v) is 10.6. The Labute approximate surface area is 109 Å². The van der Waals surface area contributed by atoms with E-state index in [2.05, 4.69) is 10.1 Å². The van der Waals surface area contributed by atoms with E-state index in [1.54, 1.807) is 17.1 Å². The predicted octanol–water partition coefficient (Wildman–Crippen LogP) is 2.27. The lowest BCUT2D eigenvalue weighted by Crippen LogP contribution is -2.02. The van der Waals surface area contributed by atoms with Crippen molar-refractivity contribution in [2.75, 3.05) is 13.2 Å². The molecule has 1 saturated heterocycles. The second-order valence-electron chi connectivity index (χ2n) is 4.03. The molecule has 3 heterocycles. The van der Waals surface area contributed by atoms with Crippen LogP contribution in [0.3, 0.4) is 0 Å². The van der Waals surface area contributed by atoms with Crippen molar-refractivity contribution in [1.29, 1.82) is 0 Å². The van der Waals surface area contributed by atoms with Crippen molar-refractivity contribution in [3.05, 3.63) is 40.8 Å². The molecule has 2 aromatic heterocycles. The molecule has 3 rings (SSSR count). The fourth-order valence-electron chi connectivity index (χ4n) is 1.78. The van der Waals surface area contributed by atoms with Crippen LogP contribution in [0.25, 0.3) is 5.82 Å². The van der Waals surface area contributed by atoms with Gasteiger partial charge in [-0.25, -0.2) is 9.67 Å². The summed E-state index contributed by atoms with van der Waals surface area (Å²) in [4.78, 5) is 4.33. The summed E-state index contributed by atoms with van der Waals surface area (Å²) >= 11 is 5.96. The van der Waals surface area contributed by atoms with Crippen LogP contribution in [0.15, 0.2) is 24.5 Å². The van der Waals surface area contributed by atoms with E-state index in [4.69, 9.17) is 21.1 Å². The average molecular weight is 266 g/mol. The molecule has 0 bridgehead atoms. The van der Waals surface area contributed by atoms with Crippen LogP contribution < -0.4 is 0 Å². The third-order valence-electron chi connectivity index (χ3n) is 2.74. The van der Waals surface area contributed by atoms with Crippen molar-refractivity contribution in [2.45, 2.75) is 13.2 Å². The van der Waals surface area contributed by atoms with Gasteiger partial charge in [-0.2, -0.15) is 5.10 Å². The number of halogens is 1. The molecule has 1 aliphatic heterocycles. The van der Waals surface area contributed by atoms with Crippen LogP contribution in [0.2, 0.25) is 5.02 Å². The molecule has 1 fully saturated rings. The molecule has 2 aromatic rings. The summed E-state index contributed by atoms with van der Waals surface area (Å²) in [5, 5.41) is 4.90. The van der Waals surface area contributed by atoms with Crippen LogP contribution in [0, 0.1) is 6.92 Å². The molecule has 0 unspecified atom stereocenters. The third kappa shape index (κ3) is 2.12. The third-order valence-corrected chi connectivity index (χ3v) is 3.11. The smallest absolute Gasteiger partial charge is 0.185 e. The number of nitrogens with zero attached hydrogens (tertiary/aromatic N) is 3. The van der Waals surface area contributed by atoms with E-state index in [1.807, 2.05) is 19.1 Å². The normalized spacial score (nSPS) is 16.3. The summed E-state index contributed by atoms with van der Waals surface area (Å²) in [5.41, 5.74) is 1.69. The quantitative estimate of drug-likeness (QED) is 0.836. The highest BCUT2D eigenvalue weighted by atomic mass is 35.5. The Morgan fingerprint density at radius 1 is 1.33 bits per heavy atom. The first-order chi connectivity index (χ1) is 8.74. The fourth-order valence-corrected chi connectivity index (χ4v) is 1.91. The summed E-state index contributed by atoms with van der Waals surface area (Å²) in [6.07, 6.45) is 3.17. The van der Waals surface area contributed by atoms with E-state index in [0.717, 1.165) is 11.3 Å². The molecule has 6 heteroatoms. The van der Waals surface area contributed by atoms with Crippen LogP contribution >= 0.6 is 11.6 Å². The molecule has 0 radical (unpaired) electrons. The van der Waals surface area contributed by atoms with Gasteiger partial charge in [-0.05, 0) is 19.1 Å². The van der Waals surface area contributed by atoms with Crippen molar-refractivity contribution in [3.8, 4) is 5.82 Å². The van der Waals surface area contributed by atoms with Crippen LogP contribution in [-0.2, 0) is 9.47 Å². The Morgan fingerprint density at radius 2 is 2.11 bits per heavy atom. The first-order valence-electron chi connectivity index (χ1n) is 5.65. The van der Waals surface area contributed by atoms with E-state index in [1.165, 1.54) is 0 Å². The Morgan fingerprint density at radius 3 is 2.67 bits per heavy atom. The molecule has 5 nitrogen and oxygen atoms in total. The fraction of sp³-hybridized carbons (Fsp3) is 0.333. The van der Waals surface area contributed by atoms with E-state index in [9.17, 15) is 0 Å². The molecule has 0 spiro atoms. The zero-order valence-electron chi connectivity index (χ0n) is 9.84. The van der Waals surface area contributed by atoms with Gasteiger partial charge in [0.15, 0.2) is 12.1 Å². The topological polar surface area (TPSA) is 49.2 Å². The Hall–Kier alpha value is -1.43. The summed E-state index contributed by atoms with van der Waals surface area (Å²) in [5.74, 6) is 0.715. The summed E-state index contributed by atoms with van der Waals surface area (Å²) < 4.78 is 12.5. The molecule has 94 valence electrons. The van der Waals surface area contributed by atoms with E-state index >= 15 is 0 Å². The molecular weight excluding hydrogens is 254 g/mol. The summed E-state index contributed by atoms with van der Waals surface area (Å²) in [6.45, 7) is 3.11. The minimum Gasteiger partial charge on any atom is -0.346 e. The lowest BCUT2D eigenvalue weighted by molar-refractivity contribution is -0.0443. The molecular formula is C12H12ClN3O2. The molecule has 18 heavy (non-hydrogen) atoms. The number of ether oxygens (including phenoxy) is 2. The number of pyridine rings is 1. The van der Waals surface area contributed by atoms with Gasteiger partial charge in [0.05, 0.1) is 30.1 Å². The summed E-state index contributed by atoms with van der Waals surface area (Å²) in [6, 6.07) is 3.78. The average Bonchev–Trinajstić information content (AvgIpc) is 3.01. The highest BCUT2D eigenvalue weighted by Crippen LogP contribution is 2.23. The number of rotatable bonds is 2. The highest BCUT2D eigenvalue weighted by Gasteiger charge is 2.18. The zero-order chi connectivity index (χ0) is 12.5. The maximum Gasteiger partial charge on any atom is 0.185 e. The van der Waals surface area contributed by atoms with Crippen LogP contribution in [-0.4, -0.2) is 28.0 Å². The van der Waals surface area contributed by atoms with Crippen molar-refractivity contribution >= 4 is 11.6 Å². The first kappa shape index (κ1) is 11.6. The van der Waals surface area contributed by atoms with Crippen LogP contribution in [0.4, 0.5) is 0 Å². The van der Waals surface area contributed by atoms with Crippen molar-refractivity contribution in [2.24, 2.45) is 0 Å².